The second-order valence-corrected chi connectivity index (χ2v) is 4.50. The number of aliphatic imine (C=N–C) groups is 1. The summed E-state index contributed by atoms with van der Waals surface area (Å²) in [6, 6.07) is 8.84. The van der Waals surface area contributed by atoms with Gasteiger partial charge in [0, 0.05) is 12.0 Å². The van der Waals surface area contributed by atoms with E-state index in [-0.39, 0.29) is 23.8 Å². The van der Waals surface area contributed by atoms with E-state index in [1.807, 2.05) is 19.9 Å². The molecule has 1 unspecified atom stereocenters. The minimum atomic E-state index is -0.350. The van der Waals surface area contributed by atoms with Crippen molar-refractivity contribution in [1.82, 2.24) is 0 Å². The highest BCUT2D eigenvalue weighted by Gasteiger charge is 2.28. The lowest BCUT2D eigenvalue weighted by atomic mass is 10.1. The van der Waals surface area contributed by atoms with Crippen LogP contribution in [0, 0.1) is 0 Å². The van der Waals surface area contributed by atoms with E-state index in [0.29, 0.717) is 24.2 Å². The first-order valence-corrected chi connectivity index (χ1v) is 6.58. The molecule has 0 radical (unpaired) electrons. The Balaban J connectivity index is 2.28. The van der Waals surface area contributed by atoms with Gasteiger partial charge in [0.15, 0.2) is 5.88 Å². The molecule has 5 nitrogen and oxygen atoms in total. The molecule has 1 fully saturated rings. The molecule has 106 valence electrons. The van der Waals surface area contributed by atoms with Gasteiger partial charge in [0.1, 0.15) is 6.10 Å². The van der Waals surface area contributed by atoms with Crippen molar-refractivity contribution in [2.75, 3.05) is 6.61 Å². The molecule has 1 amide bonds. The maximum Gasteiger partial charge on any atom is 0.280 e. The fourth-order valence-electron chi connectivity index (χ4n) is 1.96. The molecule has 0 aromatic heterocycles. The van der Waals surface area contributed by atoms with Gasteiger partial charge in [-0.05, 0) is 26.0 Å². The number of carbonyl (C=O) groups is 1. The number of amides is 1. The summed E-state index contributed by atoms with van der Waals surface area (Å²) in [5.41, 5.74) is 7.01. The van der Waals surface area contributed by atoms with E-state index in [1.165, 1.54) is 0 Å². The standard InChI is InChI=1S/C15H18N2O3/c1-3-19-13(16)12-9-10(2)20-15(12)17-14(18)11-7-5-4-6-8-11/h4-8,10H,3,9,16H2,1-2H3/b13-12+,17-15?. The lowest BCUT2D eigenvalue weighted by Crippen LogP contribution is -2.12. The van der Waals surface area contributed by atoms with Crippen molar-refractivity contribution in [3.05, 3.63) is 47.4 Å². The number of nitrogens with two attached hydrogens (primary N) is 1. The van der Waals surface area contributed by atoms with E-state index < -0.39 is 0 Å². The Kier molecular flexibility index (Phi) is 4.40. The van der Waals surface area contributed by atoms with E-state index in [0.717, 1.165) is 0 Å². The molecule has 0 spiro atoms. The third-order valence-electron chi connectivity index (χ3n) is 2.88. The number of carbonyl (C=O) groups excluding carboxylic acids is 1. The van der Waals surface area contributed by atoms with Crippen LogP contribution < -0.4 is 5.73 Å². The topological polar surface area (TPSA) is 73.9 Å². The SMILES string of the molecule is CCO/C(N)=C1\CC(C)OC1=NC(=O)c1ccccc1. The molecule has 2 N–H and O–H groups in total. The van der Waals surface area contributed by atoms with Crippen molar-refractivity contribution in [2.24, 2.45) is 10.7 Å². The van der Waals surface area contributed by atoms with Crippen molar-refractivity contribution < 1.29 is 14.3 Å². The maximum absolute atomic E-state index is 12.1. The van der Waals surface area contributed by atoms with Gasteiger partial charge in [0.2, 0.25) is 5.90 Å². The molecule has 1 aliphatic rings. The zero-order valence-electron chi connectivity index (χ0n) is 11.6. The molecule has 5 heteroatoms. The molecule has 1 aromatic rings. The minimum absolute atomic E-state index is 0.0636. The Morgan fingerprint density at radius 2 is 2.15 bits per heavy atom. The van der Waals surface area contributed by atoms with E-state index in [2.05, 4.69) is 4.99 Å². The van der Waals surface area contributed by atoms with Gasteiger partial charge in [-0.15, -0.1) is 0 Å². The van der Waals surface area contributed by atoms with Crippen LogP contribution in [0.3, 0.4) is 0 Å². The summed E-state index contributed by atoms with van der Waals surface area (Å²) in [4.78, 5) is 16.1. The molecule has 0 saturated carbocycles. The first-order valence-electron chi connectivity index (χ1n) is 6.58. The average Bonchev–Trinajstić information content (AvgIpc) is 2.81. The molecule has 1 heterocycles. The Morgan fingerprint density at radius 1 is 1.45 bits per heavy atom. The normalized spacial score (nSPS) is 22.5. The number of rotatable bonds is 3. The number of benzene rings is 1. The zero-order chi connectivity index (χ0) is 14.5. The lowest BCUT2D eigenvalue weighted by Gasteiger charge is -2.06. The van der Waals surface area contributed by atoms with Gasteiger partial charge < -0.3 is 15.2 Å². The highest BCUT2D eigenvalue weighted by Crippen LogP contribution is 2.23. The lowest BCUT2D eigenvalue weighted by molar-refractivity contribution is 0.0998. The second kappa shape index (κ2) is 6.23. The summed E-state index contributed by atoms with van der Waals surface area (Å²) < 4.78 is 10.8. The van der Waals surface area contributed by atoms with Crippen LogP contribution >= 0.6 is 0 Å². The molecular formula is C15H18N2O3. The smallest absolute Gasteiger partial charge is 0.280 e. The van der Waals surface area contributed by atoms with Crippen LogP contribution in [0.1, 0.15) is 30.6 Å². The first-order chi connectivity index (χ1) is 9.61. The van der Waals surface area contributed by atoms with E-state index >= 15 is 0 Å². The predicted molar refractivity (Wildman–Crippen MR) is 76.2 cm³/mol. The molecule has 20 heavy (non-hydrogen) atoms. The fraction of sp³-hybridized carbons (Fsp3) is 0.333. The van der Waals surface area contributed by atoms with Gasteiger partial charge in [-0.25, -0.2) is 0 Å². The third kappa shape index (κ3) is 3.17. The average molecular weight is 274 g/mol. The van der Waals surface area contributed by atoms with Crippen molar-refractivity contribution in [2.45, 2.75) is 26.4 Å². The third-order valence-corrected chi connectivity index (χ3v) is 2.88. The maximum atomic E-state index is 12.1. The fourth-order valence-corrected chi connectivity index (χ4v) is 1.96. The van der Waals surface area contributed by atoms with Crippen LogP contribution in [0.4, 0.5) is 0 Å². The second-order valence-electron chi connectivity index (χ2n) is 4.50. The van der Waals surface area contributed by atoms with E-state index in [9.17, 15) is 4.79 Å². The van der Waals surface area contributed by atoms with Crippen LogP contribution in [-0.2, 0) is 9.47 Å². The van der Waals surface area contributed by atoms with Crippen LogP contribution in [0.15, 0.2) is 46.8 Å². The van der Waals surface area contributed by atoms with Crippen LogP contribution in [-0.4, -0.2) is 24.5 Å². The van der Waals surface area contributed by atoms with Crippen LogP contribution in [0.5, 0.6) is 0 Å². The first kappa shape index (κ1) is 14.1. The molecule has 0 aliphatic carbocycles. The molecule has 1 aliphatic heterocycles. The van der Waals surface area contributed by atoms with Gasteiger partial charge in [-0.2, -0.15) is 4.99 Å². The minimum Gasteiger partial charge on any atom is -0.479 e. The van der Waals surface area contributed by atoms with Gasteiger partial charge in [-0.1, -0.05) is 18.2 Å². The number of nitrogens with zero attached hydrogens (tertiary/aromatic N) is 1. The summed E-state index contributed by atoms with van der Waals surface area (Å²) in [7, 11) is 0. The van der Waals surface area contributed by atoms with Crippen molar-refractivity contribution in [3.63, 3.8) is 0 Å². The summed E-state index contributed by atoms with van der Waals surface area (Å²) in [6.45, 7) is 4.21. The zero-order valence-corrected chi connectivity index (χ0v) is 11.6. The summed E-state index contributed by atoms with van der Waals surface area (Å²) >= 11 is 0. The van der Waals surface area contributed by atoms with Crippen LogP contribution in [0.25, 0.3) is 0 Å². The molecule has 1 aromatic carbocycles. The quantitative estimate of drug-likeness (QED) is 0.858. The van der Waals surface area contributed by atoms with Gasteiger partial charge in [-0.3, -0.25) is 4.79 Å². The Morgan fingerprint density at radius 3 is 2.80 bits per heavy atom. The number of ether oxygens (including phenoxy) is 2. The van der Waals surface area contributed by atoms with E-state index in [1.54, 1.807) is 24.3 Å². The molecule has 1 saturated heterocycles. The summed E-state index contributed by atoms with van der Waals surface area (Å²) in [6.07, 6.45) is 0.526. The molecule has 0 bridgehead atoms. The number of hydrogen-bond donors (Lipinski definition) is 1. The number of hydrogen-bond acceptors (Lipinski definition) is 4. The molecule has 1 atom stereocenters. The van der Waals surface area contributed by atoms with E-state index in [4.69, 9.17) is 15.2 Å². The van der Waals surface area contributed by atoms with Gasteiger partial charge in [0.25, 0.3) is 5.91 Å². The summed E-state index contributed by atoms with van der Waals surface area (Å²) in [5.74, 6) is 0.185. The van der Waals surface area contributed by atoms with Crippen molar-refractivity contribution >= 4 is 11.8 Å². The predicted octanol–water partition coefficient (Wildman–Crippen LogP) is 2.24. The molecular weight excluding hydrogens is 256 g/mol. The highest BCUT2D eigenvalue weighted by atomic mass is 16.5. The Hall–Kier alpha value is -2.30. The summed E-state index contributed by atoms with van der Waals surface area (Å²) in [5, 5.41) is 0. The Bertz CT molecular complexity index is 549. The van der Waals surface area contributed by atoms with Crippen molar-refractivity contribution in [1.29, 1.82) is 0 Å². The van der Waals surface area contributed by atoms with Gasteiger partial charge >= 0.3 is 0 Å². The molecule has 2 rings (SSSR count). The van der Waals surface area contributed by atoms with Gasteiger partial charge in [0.05, 0.1) is 12.2 Å². The largest absolute Gasteiger partial charge is 0.479 e. The monoisotopic (exact) mass is 274 g/mol. The van der Waals surface area contributed by atoms with Crippen LogP contribution in [0.2, 0.25) is 0 Å². The Labute approximate surface area is 118 Å². The van der Waals surface area contributed by atoms with Crippen molar-refractivity contribution in [3.8, 4) is 0 Å². The highest BCUT2D eigenvalue weighted by molar-refractivity contribution is 6.07.